The first-order valence-corrected chi connectivity index (χ1v) is 5.06. The molecular weight excluding hydrogens is 218 g/mol. The number of esters is 1. The minimum atomic E-state index is -0.434. The number of aromatic nitrogens is 2. The van der Waals surface area contributed by atoms with Crippen LogP contribution in [0.2, 0.25) is 0 Å². The molecule has 82 valence electrons. The summed E-state index contributed by atoms with van der Waals surface area (Å²) >= 11 is 0.951. The van der Waals surface area contributed by atoms with E-state index in [-0.39, 0.29) is 18.1 Å². The van der Waals surface area contributed by atoms with Gasteiger partial charge in [-0.05, 0) is 6.92 Å². The first-order chi connectivity index (χ1) is 7.15. The van der Waals surface area contributed by atoms with Crippen LogP contribution >= 0.6 is 11.7 Å². The highest BCUT2D eigenvalue weighted by molar-refractivity contribution is 6.99. The van der Waals surface area contributed by atoms with Crippen molar-refractivity contribution >= 4 is 23.6 Å². The zero-order valence-electron chi connectivity index (χ0n) is 8.47. The van der Waals surface area contributed by atoms with Gasteiger partial charge in [-0.3, -0.25) is 9.59 Å². The van der Waals surface area contributed by atoms with Gasteiger partial charge in [0.05, 0.1) is 24.5 Å². The van der Waals surface area contributed by atoms with Crippen LogP contribution in [-0.4, -0.2) is 45.7 Å². The minimum Gasteiger partial charge on any atom is -0.465 e. The van der Waals surface area contributed by atoms with Crippen LogP contribution in [0.3, 0.4) is 0 Å². The second-order valence-corrected chi connectivity index (χ2v) is 3.32. The Morgan fingerprint density at radius 2 is 2.33 bits per heavy atom. The molecule has 0 aliphatic rings. The summed E-state index contributed by atoms with van der Waals surface area (Å²) in [4.78, 5) is 23.9. The minimum absolute atomic E-state index is 0.0792. The van der Waals surface area contributed by atoms with E-state index in [2.05, 4.69) is 8.75 Å². The summed E-state index contributed by atoms with van der Waals surface area (Å²) in [6, 6.07) is 0. The molecule has 1 aromatic rings. The number of likely N-dealkylation sites (N-methyl/N-ethyl adjacent to an activating group) is 1. The molecule has 0 N–H and O–H groups in total. The molecule has 0 saturated carbocycles. The van der Waals surface area contributed by atoms with E-state index in [0.717, 1.165) is 11.7 Å². The third-order valence-electron chi connectivity index (χ3n) is 1.60. The van der Waals surface area contributed by atoms with Crippen molar-refractivity contribution in [3.8, 4) is 0 Å². The smallest absolute Gasteiger partial charge is 0.325 e. The van der Waals surface area contributed by atoms with Crippen LogP contribution < -0.4 is 0 Å². The first-order valence-electron chi connectivity index (χ1n) is 4.33. The van der Waals surface area contributed by atoms with Crippen molar-refractivity contribution < 1.29 is 14.3 Å². The van der Waals surface area contributed by atoms with E-state index in [0.29, 0.717) is 6.61 Å². The Hall–Kier alpha value is -1.50. The molecule has 0 unspecified atom stereocenters. The molecule has 7 heteroatoms. The number of carbonyl (C=O) groups is 2. The lowest BCUT2D eigenvalue weighted by atomic mass is 10.4. The van der Waals surface area contributed by atoms with Gasteiger partial charge in [-0.1, -0.05) is 0 Å². The van der Waals surface area contributed by atoms with E-state index in [1.807, 2.05) is 0 Å². The zero-order chi connectivity index (χ0) is 11.3. The molecule has 0 saturated heterocycles. The average molecular weight is 229 g/mol. The molecule has 1 amide bonds. The first kappa shape index (κ1) is 11.6. The van der Waals surface area contributed by atoms with Crippen LogP contribution in [0.25, 0.3) is 0 Å². The summed E-state index contributed by atoms with van der Waals surface area (Å²) in [5, 5.41) is 0. The van der Waals surface area contributed by atoms with Crippen LogP contribution in [0.1, 0.15) is 17.4 Å². The Kier molecular flexibility index (Phi) is 4.17. The maximum absolute atomic E-state index is 11.6. The number of amides is 1. The quantitative estimate of drug-likeness (QED) is 0.688. The van der Waals surface area contributed by atoms with E-state index in [1.54, 1.807) is 6.92 Å². The Morgan fingerprint density at radius 1 is 1.60 bits per heavy atom. The SMILES string of the molecule is CCOC(=O)CN(C)C(=O)c1cnsn1. The normalized spacial score (nSPS) is 9.73. The topological polar surface area (TPSA) is 72.4 Å². The van der Waals surface area contributed by atoms with Crippen LogP contribution in [0.5, 0.6) is 0 Å². The van der Waals surface area contributed by atoms with Gasteiger partial charge in [-0.15, -0.1) is 0 Å². The van der Waals surface area contributed by atoms with Gasteiger partial charge in [-0.25, -0.2) is 0 Å². The summed E-state index contributed by atoms with van der Waals surface area (Å²) in [7, 11) is 1.51. The Bertz CT molecular complexity index is 339. The molecule has 1 heterocycles. The lowest BCUT2D eigenvalue weighted by Gasteiger charge is -2.13. The molecule has 0 radical (unpaired) electrons. The summed E-state index contributed by atoms with van der Waals surface area (Å²) in [6.45, 7) is 1.94. The molecule has 15 heavy (non-hydrogen) atoms. The third kappa shape index (κ3) is 3.28. The number of ether oxygens (including phenoxy) is 1. The zero-order valence-corrected chi connectivity index (χ0v) is 9.28. The van der Waals surface area contributed by atoms with Crippen molar-refractivity contribution in [2.45, 2.75) is 6.92 Å². The van der Waals surface area contributed by atoms with Crippen molar-refractivity contribution in [2.75, 3.05) is 20.2 Å². The third-order valence-corrected chi connectivity index (χ3v) is 2.08. The van der Waals surface area contributed by atoms with Crippen LogP contribution in [0.4, 0.5) is 0 Å². The van der Waals surface area contributed by atoms with Gasteiger partial charge in [-0.2, -0.15) is 8.75 Å². The van der Waals surface area contributed by atoms with E-state index in [4.69, 9.17) is 4.74 Å². The number of hydrogen-bond acceptors (Lipinski definition) is 6. The van der Waals surface area contributed by atoms with Crippen LogP contribution in [-0.2, 0) is 9.53 Å². The largest absolute Gasteiger partial charge is 0.465 e. The van der Waals surface area contributed by atoms with Gasteiger partial charge >= 0.3 is 5.97 Å². The molecule has 1 aromatic heterocycles. The molecule has 0 bridgehead atoms. The Labute approximate surface area is 91.2 Å². The Balaban J connectivity index is 2.51. The van der Waals surface area contributed by atoms with E-state index >= 15 is 0 Å². The second-order valence-electron chi connectivity index (χ2n) is 2.76. The summed E-state index contributed by atoms with van der Waals surface area (Å²) in [5.74, 6) is -0.770. The lowest BCUT2D eigenvalue weighted by Crippen LogP contribution is -2.33. The van der Waals surface area contributed by atoms with E-state index in [9.17, 15) is 9.59 Å². The fraction of sp³-hybridized carbons (Fsp3) is 0.500. The number of rotatable bonds is 4. The summed E-state index contributed by atoms with van der Waals surface area (Å²) in [6.07, 6.45) is 1.37. The number of hydrogen-bond donors (Lipinski definition) is 0. The van der Waals surface area contributed by atoms with Gasteiger partial charge in [0.25, 0.3) is 5.91 Å². The van der Waals surface area contributed by atoms with Gasteiger partial charge in [0.2, 0.25) is 0 Å². The predicted octanol–water partition coefficient (Wildman–Crippen LogP) is 0.173. The standard InChI is InChI=1S/C8H11N3O3S/c1-3-14-7(12)5-11(2)8(13)6-4-9-15-10-6/h4H,3,5H2,1-2H3. The van der Waals surface area contributed by atoms with Crippen molar-refractivity contribution in [3.63, 3.8) is 0 Å². The fourth-order valence-electron chi connectivity index (χ4n) is 0.927. The summed E-state index contributed by atoms with van der Waals surface area (Å²) in [5.41, 5.74) is 0.242. The van der Waals surface area contributed by atoms with Gasteiger partial charge in [0.1, 0.15) is 6.54 Å². The second kappa shape index (κ2) is 5.40. The van der Waals surface area contributed by atoms with Crippen LogP contribution in [0.15, 0.2) is 6.20 Å². The highest BCUT2D eigenvalue weighted by Gasteiger charge is 2.17. The predicted molar refractivity (Wildman–Crippen MR) is 53.5 cm³/mol. The molecular formula is C8H11N3O3S. The maximum Gasteiger partial charge on any atom is 0.325 e. The highest BCUT2D eigenvalue weighted by Crippen LogP contribution is 2.00. The van der Waals surface area contributed by atoms with E-state index in [1.165, 1.54) is 18.1 Å². The number of carbonyl (C=O) groups excluding carboxylic acids is 2. The van der Waals surface area contributed by atoms with Gasteiger partial charge in [0.15, 0.2) is 5.69 Å². The molecule has 0 fully saturated rings. The maximum atomic E-state index is 11.6. The van der Waals surface area contributed by atoms with Crippen LogP contribution in [0, 0.1) is 0 Å². The van der Waals surface area contributed by atoms with Gasteiger partial charge in [0, 0.05) is 7.05 Å². The molecule has 0 spiro atoms. The summed E-state index contributed by atoms with van der Waals surface area (Å²) < 4.78 is 12.2. The van der Waals surface area contributed by atoms with E-state index < -0.39 is 5.97 Å². The molecule has 0 aliphatic carbocycles. The molecule has 0 atom stereocenters. The average Bonchev–Trinajstić information content (AvgIpc) is 2.69. The monoisotopic (exact) mass is 229 g/mol. The lowest BCUT2D eigenvalue weighted by molar-refractivity contribution is -0.143. The molecule has 6 nitrogen and oxygen atoms in total. The number of nitrogens with zero attached hydrogens (tertiary/aromatic N) is 3. The highest BCUT2D eigenvalue weighted by atomic mass is 32.1. The molecule has 0 aliphatic heterocycles. The molecule has 0 aromatic carbocycles. The fourth-order valence-corrected chi connectivity index (χ4v) is 1.33. The van der Waals surface area contributed by atoms with Crippen molar-refractivity contribution in [3.05, 3.63) is 11.9 Å². The van der Waals surface area contributed by atoms with Crippen molar-refractivity contribution in [2.24, 2.45) is 0 Å². The van der Waals surface area contributed by atoms with Crippen molar-refractivity contribution in [1.29, 1.82) is 0 Å². The molecule has 1 rings (SSSR count). The Morgan fingerprint density at radius 3 is 2.87 bits per heavy atom. The van der Waals surface area contributed by atoms with Gasteiger partial charge < -0.3 is 9.64 Å². The van der Waals surface area contributed by atoms with Crippen molar-refractivity contribution in [1.82, 2.24) is 13.6 Å².